The summed E-state index contributed by atoms with van der Waals surface area (Å²) in [6, 6.07) is 0. The van der Waals surface area contributed by atoms with Gasteiger partial charge in [0.1, 0.15) is 5.76 Å². The number of rotatable bonds is 10. The third kappa shape index (κ3) is 12.7. The Balaban J connectivity index is 3.39. The summed E-state index contributed by atoms with van der Waals surface area (Å²) in [5.74, 6) is 0.200. The molecular weight excluding hydrogens is 208 g/mol. The number of aliphatic hydroxyl groups excluding tert-OH is 1. The molecule has 0 bridgehead atoms. The zero-order valence-corrected chi connectivity index (χ0v) is 11.1. The van der Waals surface area contributed by atoms with Crippen molar-refractivity contribution in [3.05, 3.63) is 48.8 Å². The predicted molar refractivity (Wildman–Crippen MR) is 77.2 cm³/mol. The fourth-order valence-electron chi connectivity index (χ4n) is 1.50. The van der Waals surface area contributed by atoms with E-state index < -0.39 is 0 Å². The Morgan fingerprint density at radius 3 is 2.41 bits per heavy atom. The quantitative estimate of drug-likeness (QED) is 0.301. The van der Waals surface area contributed by atoms with Crippen molar-refractivity contribution < 1.29 is 5.11 Å². The molecule has 0 unspecified atom stereocenters. The molecule has 17 heavy (non-hydrogen) atoms. The van der Waals surface area contributed by atoms with Gasteiger partial charge in [-0.3, -0.25) is 0 Å². The Morgan fingerprint density at radius 1 is 1.00 bits per heavy atom. The highest BCUT2D eigenvalue weighted by molar-refractivity contribution is 5.18. The fraction of sp³-hybridized carbons (Fsp3) is 0.500. The van der Waals surface area contributed by atoms with Crippen molar-refractivity contribution in [3.8, 4) is 0 Å². The molecule has 0 saturated carbocycles. The fourth-order valence-corrected chi connectivity index (χ4v) is 1.50. The molecule has 0 rings (SSSR count). The van der Waals surface area contributed by atoms with Crippen molar-refractivity contribution in [1.82, 2.24) is 0 Å². The first-order valence-electron chi connectivity index (χ1n) is 6.66. The van der Waals surface area contributed by atoms with Crippen LogP contribution in [0.1, 0.15) is 51.9 Å². The lowest BCUT2D eigenvalue weighted by atomic mass is 10.1. The standard InChI is InChI=1S/C16H26O/c1-3-5-6-7-8-9-10-11-12-13-14-15-16(17)4-2/h4,11-15,17H,2-3,5-10H2,1H3/b12-11?,14-13+,16-15+. The van der Waals surface area contributed by atoms with E-state index in [2.05, 4.69) is 19.6 Å². The lowest BCUT2D eigenvalue weighted by Gasteiger charge is -1.97. The molecule has 0 aromatic carbocycles. The van der Waals surface area contributed by atoms with Gasteiger partial charge in [-0.25, -0.2) is 0 Å². The SMILES string of the molecule is C=C/C(O)=C\C=C\C=CCCCCCCCC. The highest BCUT2D eigenvalue weighted by atomic mass is 16.3. The molecule has 96 valence electrons. The summed E-state index contributed by atoms with van der Waals surface area (Å²) in [7, 11) is 0. The molecule has 0 aliphatic rings. The lowest BCUT2D eigenvalue weighted by Crippen LogP contribution is -1.77. The summed E-state index contributed by atoms with van der Waals surface area (Å²) in [4.78, 5) is 0. The maximum Gasteiger partial charge on any atom is 0.114 e. The Morgan fingerprint density at radius 2 is 1.71 bits per heavy atom. The van der Waals surface area contributed by atoms with Crippen LogP contribution in [0.25, 0.3) is 0 Å². The van der Waals surface area contributed by atoms with Gasteiger partial charge in [0.2, 0.25) is 0 Å². The first-order chi connectivity index (χ1) is 8.31. The summed E-state index contributed by atoms with van der Waals surface area (Å²) in [6.07, 6.45) is 20.2. The molecular formula is C16H26O. The minimum absolute atomic E-state index is 0.200. The van der Waals surface area contributed by atoms with Crippen molar-refractivity contribution in [2.45, 2.75) is 51.9 Å². The van der Waals surface area contributed by atoms with Crippen molar-refractivity contribution >= 4 is 0 Å². The topological polar surface area (TPSA) is 20.2 Å². The van der Waals surface area contributed by atoms with Crippen molar-refractivity contribution in [2.75, 3.05) is 0 Å². The van der Waals surface area contributed by atoms with Crippen LogP contribution in [-0.2, 0) is 0 Å². The monoisotopic (exact) mass is 234 g/mol. The number of aliphatic hydroxyl groups is 1. The summed E-state index contributed by atoms with van der Waals surface area (Å²) < 4.78 is 0. The molecule has 0 spiro atoms. The maximum atomic E-state index is 9.07. The van der Waals surface area contributed by atoms with Crippen molar-refractivity contribution in [1.29, 1.82) is 0 Å². The van der Waals surface area contributed by atoms with E-state index in [4.69, 9.17) is 5.11 Å². The Bertz CT molecular complexity index is 259. The van der Waals surface area contributed by atoms with Crippen LogP contribution in [0.15, 0.2) is 48.8 Å². The lowest BCUT2D eigenvalue weighted by molar-refractivity contribution is 0.433. The van der Waals surface area contributed by atoms with Gasteiger partial charge in [0.15, 0.2) is 0 Å². The average molecular weight is 234 g/mol. The first-order valence-corrected chi connectivity index (χ1v) is 6.66. The highest BCUT2D eigenvalue weighted by Crippen LogP contribution is 2.07. The van der Waals surface area contributed by atoms with E-state index in [0.717, 1.165) is 6.42 Å². The number of hydrogen-bond donors (Lipinski definition) is 1. The summed E-state index contributed by atoms with van der Waals surface area (Å²) in [6.45, 7) is 5.70. The van der Waals surface area contributed by atoms with Crippen LogP contribution >= 0.6 is 0 Å². The van der Waals surface area contributed by atoms with Crippen LogP contribution < -0.4 is 0 Å². The molecule has 0 heterocycles. The zero-order chi connectivity index (χ0) is 12.8. The van der Waals surface area contributed by atoms with Gasteiger partial charge in [-0.15, -0.1) is 0 Å². The van der Waals surface area contributed by atoms with Crippen LogP contribution in [0.4, 0.5) is 0 Å². The van der Waals surface area contributed by atoms with Crippen LogP contribution in [0, 0.1) is 0 Å². The Kier molecular flexibility index (Phi) is 11.9. The van der Waals surface area contributed by atoms with Crippen LogP contribution in [0.3, 0.4) is 0 Å². The zero-order valence-electron chi connectivity index (χ0n) is 11.1. The number of hydrogen-bond acceptors (Lipinski definition) is 1. The summed E-state index contributed by atoms with van der Waals surface area (Å²) in [5, 5.41) is 9.07. The van der Waals surface area contributed by atoms with Gasteiger partial charge in [-0.05, 0) is 25.0 Å². The molecule has 0 fully saturated rings. The molecule has 1 heteroatoms. The molecule has 0 saturated heterocycles. The Labute approximate surface area is 106 Å². The van der Waals surface area contributed by atoms with E-state index in [0.29, 0.717) is 0 Å². The molecule has 1 nitrogen and oxygen atoms in total. The molecule has 0 aliphatic carbocycles. The summed E-state index contributed by atoms with van der Waals surface area (Å²) in [5.41, 5.74) is 0. The molecule has 0 aromatic rings. The van der Waals surface area contributed by atoms with Crippen molar-refractivity contribution in [3.63, 3.8) is 0 Å². The van der Waals surface area contributed by atoms with Crippen LogP contribution in [0.2, 0.25) is 0 Å². The molecule has 0 radical (unpaired) electrons. The highest BCUT2D eigenvalue weighted by Gasteiger charge is 1.87. The van der Waals surface area contributed by atoms with E-state index in [1.165, 1.54) is 44.6 Å². The second-order valence-electron chi connectivity index (χ2n) is 4.17. The second-order valence-corrected chi connectivity index (χ2v) is 4.17. The largest absolute Gasteiger partial charge is 0.508 e. The van der Waals surface area contributed by atoms with E-state index >= 15 is 0 Å². The minimum Gasteiger partial charge on any atom is -0.508 e. The van der Waals surface area contributed by atoms with E-state index in [-0.39, 0.29) is 5.76 Å². The first kappa shape index (κ1) is 15.8. The molecule has 1 N–H and O–H groups in total. The Hall–Kier alpha value is -1.24. The maximum absolute atomic E-state index is 9.07. The number of allylic oxidation sites excluding steroid dienone is 6. The van der Waals surface area contributed by atoms with Gasteiger partial charge >= 0.3 is 0 Å². The van der Waals surface area contributed by atoms with Gasteiger partial charge in [-0.1, -0.05) is 69.9 Å². The van der Waals surface area contributed by atoms with E-state index in [1.807, 2.05) is 18.2 Å². The minimum atomic E-state index is 0.200. The molecule has 0 aromatic heterocycles. The van der Waals surface area contributed by atoms with Gasteiger partial charge in [0, 0.05) is 0 Å². The van der Waals surface area contributed by atoms with E-state index in [9.17, 15) is 0 Å². The molecule has 0 atom stereocenters. The van der Waals surface area contributed by atoms with Gasteiger partial charge < -0.3 is 5.11 Å². The third-order valence-electron chi connectivity index (χ3n) is 2.56. The average Bonchev–Trinajstić information content (AvgIpc) is 2.35. The molecule has 0 amide bonds. The predicted octanol–water partition coefficient (Wildman–Crippen LogP) is 5.48. The van der Waals surface area contributed by atoms with Gasteiger partial charge in [0.25, 0.3) is 0 Å². The third-order valence-corrected chi connectivity index (χ3v) is 2.56. The summed E-state index contributed by atoms with van der Waals surface area (Å²) >= 11 is 0. The normalized spacial score (nSPS) is 12.6. The van der Waals surface area contributed by atoms with Gasteiger partial charge in [0.05, 0.1) is 0 Å². The number of unbranched alkanes of at least 4 members (excludes halogenated alkanes) is 6. The van der Waals surface area contributed by atoms with Gasteiger partial charge in [-0.2, -0.15) is 0 Å². The van der Waals surface area contributed by atoms with Crippen molar-refractivity contribution in [2.24, 2.45) is 0 Å². The smallest absolute Gasteiger partial charge is 0.114 e. The van der Waals surface area contributed by atoms with Crippen LogP contribution in [-0.4, -0.2) is 5.11 Å². The molecule has 0 aliphatic heterocycles. The van der Waals surface area contributed by atoms with E-state index in [1.54, 1.807) is 6.08 Å². The van der Waals surface area contributed by atoms with Crippen LogP contribution in [0.5, 0.6) is 0 Å². The second kappa shape index (κ2) is 12.8.